The van der Waals surface area contributed by atoms with E-state index in [0.29, 0.717) is 28.2 Å². The SMILES string of the molecule is Nc1ccc2nc(Cl)c(-c3cc(-c4ccccc4)nn3C(=O)O)cc2c1. The third kappa shape index (κ3) is 2.76. The zero-order valence-corrected chi connectivity index (χ0v) is 14.2. The molecule has 0 aliphatic heterocycles. The molecule has 2 heterocycles. The zero-order chi connectivity index (χ0) is 18.3. The summed E-state index contributed by atoms with van der Waals surface area (Å²) < 4.78 is 0.906. The predicted molar refractivity (Wildman–Crippen MR) is 101 cm³/mol. The molecule has 7 heteroatoms. The van der Waals surface area contributed by atoms with E-state index in [4.69, 9.17) is 17.3 Å². The third-order valence-corrected chi connectivity index (χ3v) is 4.32. The van der Waals surface area contributed by atoms with Gasteiger partial charge in [0.1, 0.15) is 5.15 Å². The maximum atomic E-state index is 11.7. The van der Waals surface area contributed by atoms with Gasteiger partial charge in [-0.05, 0) is 30.3 Å². The largest absolute Gasteiger partial charge is 0.463 e. The van der Waals surface area contributed by atoms with Crippen LogP contribution in [0.15, 0.2) is 60.7 Å². The molecule has 4 rings (SSSR count). The van der Waals surface area contributed by atoms with Crippen LogP contribution in [0.25, 0.3) is 33.4 Å². The monoisotopic (exact) mass is 364 g/mol. The van der Waals surface area contributed by atoms with Crippen molar-refractivity contribution in [1.29, 1.82) is 0 Å². The van der Waals surface area contributed by atoms with Gasteiger partial charge >= 0.3 is 6.09 Å². The van der Waals surface area contributed by atoms with Gasteiger partial charge in [0.25, 0.3) is 0 Å². The molecule has 0 unspecified atom stereocenters. The molecule has 4 aromatic rings. The summed E-state index contributed by atoms with van der Waals surface area (Å²) in [5, 5.41) is 14.7. The van der Waals surface area contributed by atoms with Gasteiger partial charge < -0.3 is 10.8 Å². The first-order chi connectivity index (χ1) is 12.5. The van der Waals surface area contributed by atoms with Crippen molar-refractivity contribution >= 4 is 34.3 Å². The van der Waals surface area contributed by atoms with Crippen molar-refractivity contribution in [3.05, 3.63) is 65.8 Å². The lowest BCUT2D eigenvalue weighted by Gasteiger charge is -2.07. The highest BCUT2D eigenvalue weighted by Gasteiger charge is 2.19. The van der Waals surface area contributed by atoms with Crippen LogP contribution >= 0.6 is 11.6 Å². The molecule has 0 fully saturated rings. The number of hydrogen-bond acceptors (Lipinski definition) is 4. The molecule has 0 saturated carbocycles. The van der Waals surface area contributed by atoms with E-state index >= 15 is 0 Å². The number of fused-ring (bicyclic) bond motifs is 1. The number of halogens is 1. The Morgan fingerprint density at radius 2 is 1.85 bits per heavy atom. The van der Waals surface area contributed by atoms with Gasteiger partial charge in [0.15, 0.2) is 0 Å². The van der Waals surface area contributed by atoms with E-state index in [0.717, 1.165) is 15.6 Å². The van der Waals surface area contributed by atoms with E-state index in [-0.39, 0.29) is 5.15 Å². The minimum Gasteiger partial charge on any atom is -0.463 e. The molecule has 6 nitrogen and oxygen atoms in total. The van der Waals surface area contributed by atoms with E-state index in [9.17, 15) is 9.90 Å². The molecule has 0 saturated heterocycles. The topological polar surface area (TPSA) is 94.0 Å². The van der Waals surface area contributed by atoms with Crippen molar-refractivity contribution in [3.8, 4) is 22.5 Å². The lowest BCUT2D eigenvalue weighted by Crippen LogP contribution is -2.11. The van der Waals surface area contributed by atoms with Crippen molar-refractivity contribution in [3.63, 3.8) is 0 Å². The molecular formula is C19H13ClN4O2. The number of aromatic nitrogens is 3. The number of carboxylic acid groups (broad SMARTS) is 1. The van der Waals surface area contributed by atoms with Gasteiger partial charge in [0.2, 0.25) is 0 Å². The normalized spacial score (nSPS) is 11.0. The number of hydrogen-bond donors (Lipinski definition) is 2. The number of pyridine rings is 1. The Bertz CT molecular complexity index is 1140. The van der Waals surface area contributed by atoms with Crippen LogP contribution < -0.4 is 5.73 Å². The maximum absolute atomic E-state index is 11.7. The lowest BCUT2D eigenvalue weighted by atomic mass is 10.1. The summed E-state index contributed by atoms with van der Waals surface area (Å²) in [6, 6.07) is 18.1. The zero-order valence-electron chi connectivity index (χ0n) is 13.4. The van der Waals surface area contributed by atoms with E-state index < -0.39 is 6.09 Å². The second-order valence-electron chi connectivity index (χ2n) is 5.75. The number of carbonyl (C=O) groups is 1. The second-order valence-corrected chi connectivity index (χ2v) is 6.11. The predicted octanol–water partition coefficient (Wildman–Crippen LogP) is 4.53. The van der Waals surface area contributed by atoms with Crippen molar-refractivity contribution in [2.45, 2.75) is 0 Å². The average molecular weight is 365 g/mol. The summed E-state index contributed by atoms with van der Waals surface area (Å²) in [6.45, 7) is 0. The van der Waals surface area contributed by atoms with E-state index in [1.807, 2.05) is 30.3 Å². The summed E-state index contributed by atoms with van der Waals surface area (Å²) in [7, 11) is 0. The highest BCUT2D eigenvalue weighted by molar-refractivity contribution is 6.32. The molecule has 0 radical (unpaired) electrons. The van der Waals surface area contributed by atoms with Gasteiger partial charge in [-0.2, -0.15) is 9.78 Å². The first-order valence-electron chi connectivity index (χ1n) is 7.78. The molecule has 0 spiro atoms. The molecule has 0 atom stereocenters. The van der Waals surface area contributed by atoms with Crippen molar-refractivity contribution in [2.24, 2.45) is 0 Å². The van der Waals surface area contributed by atoms with Crippen LogP contribution in [0.2, 0.25) is 5.15 Å². The number of nitrogens with zero attached hydrogens (tertiary/aromatic N) is 3. The van der Waals surface area contributed by atoms with Gasteiger partial charge in [0, 0.05) is 22.2 Å². The summed E-state index contributed by atoms with van der Waals surface area (Å²) >= 11 is 6.33. The van der Waals surface area contributed by atoms with Crippen LogP contribution in [0.1, 0.15) is 0 Å². The smallest absolute Gasteiger partial charge is 0.432 e. The van der Waals surface area contributed by atoms with Crippen molar-refractivity contribution < 1.29 is 9.90 Å². The highest BCUT2D eigenvalue weighted by atomic mass is 35.5. The Balaban J connectivity index is 1.95. The fourth-order valence-electron chi connectivity index (χ4n) is 2.82. The summed E-state index contributed by atoms with van der Waals surface area (Å²) in [5.74, 6) is 0. The van der Waals surface area contributed by atoms with Crippen LogP contribution in [0.5, 0.6) is 0 Å². The van der Waals surface area contributed by atoms with Gasteiger partial charge in [0.05, 0.1) is 16.9 Å². The number of nitrogens with two attached hydrogens (primary N) is 1. The molecule has 0 aliphatic rings. The minimum atomic E-state index is -1.20. The number of anilines is 1. The van der Waals surface area contributed by atoms with Gasteiger partial charge in [-0.1, -0.05) is 41.9 Å². The average Bonchev–Trinajstić information content (AvgIpc) is 3.08. The van der Waals surface area contributed by atoms with Crippen LogP contribution in [0.3, 0.4) is 0 Å². The maximum Gasteiger partial charge on any atom is 0.432 e. The van der Waals surface area contributed by atoms with Crippen molar-refractivity contribution in [1.82, 2.24) is 14.8 Å². The Morgan fingerprint density at radius 3 is 2.58 bits per heavy atom. The third-order valence-electron chi connectivity index (χ3n) is 4.03. The summed E-state index contributed by atoms with van der Waals surface area (Å²) in [5.41, 5.74) is 9.26. The number of benzene rings is 2. The molecule has 0 amide bonds. The molecule has 0 aliphatic carbocycles. The molecule has 26 heavy (non-hydrogen) atoms. The Labute approximate surface area is 153 Å². The standard InChI is InChI=1S/C19H13ClN4O2/c20-18-14(9-12-8-13(21)6-7-15(12)22-18)17-10-16(23-24(17)19(25)26)11-4-2-1-3-5-11/h1-10H,21H2,(H,25,26). The molecule has 3 N–H and O–H groups in total. The first kappa shape index (κ1) is 16.1. The van der Waals surface area contributed by atoms with Gasteiger partial charge in [-0.3, -0.25) is 0 Å². The van der Waals surface area contributed by atoms with Gasteiger partial charge in [-0.25, -0.2) is 9.78 Å². The van der Waals surface area contributed by atoms with E-state index in [1.54, 1.807) is 30.3 Å². The fourth-order valence-corrected chi connectivity index (χ4v) is 3.06. The number of rotatable bonds is 2. The summed E-state index contributed by atoms with van der Waals surface area (Å²) in [6.07, 6.45) is -1.20. The quantitative estimate of drug-likeness (QED) is 0.402. The first-order valence-corrected chi connectivity index (χ1v) is 8.15. The Kier molecular flexibility index (Phi) is 3.82. The Morgan fingerprint density at radius 1 is 1.08 bits per heavy atom. The van der Waals surface area contributed by atoms with E-state index in [2.05, 4.69) is 10.1 Å². The molecule has 0 bridgehead atoms. The van der Waals surface area contributed by atoms with Crippen LogP contribution in [0, 0.1) is 0 Å². The molecule has 2 aromatic heterocycles. The van der Waals surface area contributed by atoms with E-state index in [1.165, 1.54) is 0 Å². The number of nitrogen functional groups attached to an aromatic ring is 1. The fraction of sp³-hybridized carbons (Fsp3) is 0. The highest BCUT2D eigenvalue weighted by Crippen LogP contribution is 2.33. The molecule has 2 aromatic carbocycles. The second kappa shape index (κ2) is 6.16. The molecular weight excluding hydrogens is 352 g/mol. The van der Waals surface area contributed by atoms with Crippen molar-refractivity contribution in [2.75, 3.05) is 5.73 Å². The Hall–Kier alpha value is -3.38. The van der Waals surface area contributed by atoms with Crippen LogP contribution in [-0.2, 0) is 0 Å². The summed E-state index contributed by atoms with van der Waals surface area (Å²) in [4.78, 5) is 16.0. The van der Waals surface area contributed by atoms with Crippen LogP contribution in [-0.4, -0.2) is 26.0 Å². The lowest BCUT2D eigenvalue weighted by molar-refractivity contribution is 0.193. The van der Waals surface area contributed by atoms with Gasteiger partial charge in [-0.15, -0.1) is 0 Å². The minimum absolute atomic E-state index is 0.198. The van der Waals surface area contributed by atoms with Crippen LogP contribution in [0.4, 0.5) is 10.5 Å². The molecule has 128 valence electrons.